The number of halogens is 2. The fraction of sp³-hybridized carbons (Fsp3) is 0.0909. The normalized spacial score (nSPS) is 10.3. The van der Waals surface area contributed by atoms with Crippen LogP contribution >= 0.6 is 35.6 Å². The first-order chi connectivity index (χ1) is 15.0. The molecule has 9 heteroatoms. The predicted molar refractivity (Wildman–Crippen MR) is 130 cm³/mol. The summed E-state index contributed by atoms with van der Waals surface area (Å²) in [5.74, 6) is -0.676. The Kier molecular flexibility index (Phi) is 8.11. The van der Waals surface area contributed by atoms with Gasteiger partial charge in [-0.05, 0) is 54.7 Å². The Morgan fingerprint density at radius 1 is 1.03 bits per heavy atom. The number of alkyl halides is 1. The van der Waals surface area contributed by atoms with E-state index < -0.39 is 11.7 Å². The zero-order chi connectivity index (χ0) is 22.2. The Labute approximate surface area is 194 Å². The molecule has 0 fully saturated rings. The van der Waals surface area contributed by atoms with E-state index in [1.807, 2.05) is 24.3 Å². The van der Waals surface area contributed by atoms with Gasteiger partial charge in [0.2, 0.25) is 0 Å². The van der Waals surface area contributed by atoms with Gasteiger partial charge in [-0.1, -0.05) is 18.2 Å². The molecule has 0 aliphatic carbocycles. The van der Waals surface area contributed by atoms with E-state index in [0.717, 1.165) is 10.6 Å². The van der Waals surface area contributed by atoms with Crippen molar-refractivity contribution >= 4 is 63.7 Å². The third-order valence-electron chi connectivity index (χ3n) is 4.14. The number of thiocarbonyl (C=S) groups is 1. The van der Waals surface area contributed by atoms with Gasteiger partial charge in [-0.15, -0.1) is 23.4 Å². The SMILES string of the molecule is COc1cc(NC(=O)c2ccccc2F)ccc1NC(=S)Nc1cccc(SCCl)c1. The second-order valence-electron chi connectivity index (χ2n) is 6.21. The summed E-state index contributed by atoms with van der Waals surface area (Å²) >= 11 is 12.7. The Morgan fingerprint density at radius 3 is 2.55 bits per heavy atom. The maximum absolute atomic E-state index is 13.8. The second kappa shape index (κ2) is 11.0. The highest BCUT2D eigenvalue weighted by Gasteiger charge is 2.13. The summed E-state index contributed by atoms with van der Waals surface area (Å²) in [6, 6.07) is 18.5. The van der Waals surface area contributed by atoms with E-state index in [9.17, 15) is 9.18 Å². The van der Waals surface area contributed by atoms with Crippen molar-refractivity contribution in [3.63, 3.8) is 0 Å². The van der Waals surface area contributed by atoms with Crippen LogP contribution in [0.25, 0.3) is 0 Å². The van der Waals surface area contributed by atoms with Gasteiger partial charge in [-0.3, -0.25) is 4.79 Å². The lowest BCUT2D eigenvalue weighted by atomic mass is 10.2. The van der Waals surface area contributed by atoms with Crippen molar-refractivity contribution in [1.29, 1.82) is 0 Å². The number of benzene rings is 3. The molecule has 0 aliphatic rings. The van der Waals surface area contributed by atoms with Crippen molar-refractivity contribution < 1.29 is 13.9 Å². The minimum atomic E-state index is -0.588. The number of methoxy groups -OCH3 is 1. The van der Waals surface area contributed by atoms with E-state index >= 15 is 0 Å². The summed E-state index contributed by atoms with van der Waals surface area (Å²) in [5.41, 5.74) is 1.85. The highest BCUT2D eigenvalue weighted by molar-refractivity contribution is 8.00. The molecule has 0 radical (unpaired) electrons. The van der Waals surface area contributed by atoms with Crippen LogP contribution in [0.2, 0.25) is 0 Å². The van der Waals surface area contributed by atoms with Gasteiger partial charge in [0.05, 0.1) is 23.6 Å². The molecule has 0 bridgehead atoms. The summed E-state index contributed by atoms with van der Waals surface area (Å²) in [7, 11) is 1.51. The fourth-order valence-electron chi connectivity index (χ4n) is 2.73. The fourth-order valence-corrected chi connectivity index (χ4v) is 3.84. The largest absolute Gasteiger partial charge is 0.494 e. The highest BCUT2D eigenvalue weighted by Crippen LogP contribution is 2.29. The van der Waals surface area contributed by atoms with E-state index in [1.165, 1.54) is 37.1 Å². The van der Waals surface area contributed by atoms with Crippen molar-refractivity contribution in [3.8, 4) is 5.75 Å². The third kappa shape index (κ3) is 6.33. The van der Waals surface area contributed by atoms with Crippen molar-refractivity contribution in [3.05, 3.63) is 78.1 Å². The van der Waals surface area contributed by atoms with Crippen LogP contribution in [-0.4, -0.2) is 23.3 Å². The monoisotopic (exact) mass is 475 g/mol. The molecule has 3 N–H and O–H groups in total. The molecule has 0 aromatic heterocycles. The number of ether oxygens (including phenoxy) is 1. The van der Waals surface area contributed by atoms with E-state index in [0.29, 0.717) is 27.4 Å². The average molecular weight is 476 g/mol. The molecule has 0 atom stereocenters. The zero-order valence-corrected chi connectivity index (χ0v) is 18.8. The van der Waals surface area contributed by atoms with Gasteiger partial charge in [0.15, 0.2) is 5.11 Å². The van der Waals surface area contributed by atoms with Crippen LogP contribution in [0.5, 0.6) is 5.75 Å². The van der Waals surface area contributed by atoms with Crippen molar-refractivity contribution in [2.45, 2.75) is 4.90 Å². The van der Waals surface area contributed by atoms with Gasteiger partial charge in [0, 0.05) is 22.3 Å². The molecular weight excluding hydrogens is 457 g/mol. The molecule has 0 unspecified atom stereocenters. The molecule has 3 rings (SSSR count). The topological polar surface area (TPSA) is 62.4 Å². The lowest BCUT2D eigenvalue weighted by Crippen LogP contribution is -2.19. The summed E-state index contributed by atoms with van der Waals surface area (Å²) in [5, 5.41) is 9.68. The number of hydrogen-bond donors (Lipinski definition) is 3. The molecule has 3 aromatic rings. The smallest absolute Gasteiger partial charge is 0.258 e. The second-order valence-corrected chi connectivity index (χ2v) is 8.25. The Morgan fingerprint density at radius 2 is 1.81 bits per heavy atom. The summed E-state index contributed by atoms with van der Waals surface area (Å²) in [6.07, 6.45) is 0. The van der Waals surface area contributed by atoms with Crippen molar-refractivity contribution in [2.75, 3.05) is 28.3 Å². The summed E-state index contributed by atoms with van der Waals surface area (Å²) in [6.45, 7) is 0. The Bertz CT molecular complexity index is 1100. The first-order valence-electron chi connectivity index (χ1n) is 9.11. The molecule has 1 amide bonds. The van der Waals surface area contributed by atoms with Crippen molar-refractivity contribution in [1.82, 2.24) is 0 Å². The van der Waals surface area contributed by atoms with Crippen molar-refractivity contribution in [2.24, 2.45) is 0 Å². The van der Waals surface area contributed by atoms with Crippen LogP contribution in [0.3, 0.4) is 0 Å². The van der Waals surface area contributed by atoms with E-state index in [-0.39, 0.29) is 5.56 Å². The standard InChI is InChI=1S/C22H19ClFN3O2S2/c1-29-20-12-15(25-21(28)17-7-2-3-8-18(17)24)9-10-19(20)27-22(30)26-14-5-4-6-16(11-14)31-13-23/h2-12H,13H2,1H3,(H,25,28)(H2,26,27,30). The van der Waals surface area contributed by atoms with Crippen LogP contribution < -0.4 is 20.7 Å². The molecule has 0 saturated carbocycles. The first kappa shape index (κ1) is 22.9. The number of anilines is 3. The third-order valence-corrected chi connectivity index (χ3v) is 5.37. The quantitative estimate of drug-likeness (QED) is 0.215. The molecule has 160 valence electrons. The number of carbonyl (C=O) groups is 1. The lowest BCUT2D eigenvalue weighted by molar-refractivity contribution is 0.102. The summed E-state index contributed by atoms with van der Waals surface area (Å²) in [4.78, 5) is 13.3. The number of carbonyl (C=O) groups excluding carboxylic acids is 1. The molecule has 0 spiro atoms. The number of nitrogens with one attached hydrogen (secondary N) is 3. The Hall–Kier alpha value is -2.81. The van der Waals surface area contributed by atoms with E-state index in [1.54, 1.807) is 24.3 Å². The van der Waals surface area contributed by atoms with E-state index in [4.69, 9.17) is 28.6 Å². The molecule has 0 aliphatic heterocycles. The van der Waals surface area contributed by atoms with Crippen LogP contribution in [-0.2, 0) is 0 Å². The minimum Gasteiger partial charge on any atom is -0.494 e. The summed E-state index contributed by atoms with van der Waals surface area (Å²) < 4.78 is 19.2. The first-order valence-corrected chi connectivity index (χ1v) is 11.0. The van der Waals surface area contributed by atoms with Gasteiger partial charge in [-0.25, -0.2) is 4.39 Å². The lowest BCUT2D eigenvalue weighted by Gasteiger charge is -2.15. The van der Waals surface area contributed by atoms with Gasteiger partial charge in [0.1, 0.15) is 11.6 Å². The van der Waals surface area contributed by atoms with Gasteiger partial charge >= 0.3 is 0 Å². The molecule has 3 aromatic carbocycles. The molecular formula is C22H19ClFN3O2S2. The van der Waals surface area contributed by atoms with Gasteiger partial charge in [-0.2, -0.15) is 0 Å². The highest BCUT2D eigenvalue weighted by atomic mass is 35.5. The van der Waals surface area contributed by atoms with Crippen LogP contribution in [0.4, 0.5) is 21.5 Å². The van der Waals surface area contributed by atoms with Crippen LogP contribution in [0.15, 0.2) is 71.6 Å². The maximum Gasteiger partial charge on any atom is 0.258 e. The van der Waals surface area contributed by atoms with Gasteiger partial charge in [0.25, 0.3) is 5.91 Å². The predicted octanol–water partition coefficient (Wildman–Crippen LogP) is 6.18. The average Bonchev–Trinajstić information content (AvgIpc) is 2.75. The zero-order valence-electron chi connectivity index (χ0n) is 16.4. The molecule has 0 saturated heterocycles. The maximum atomic E-state index is 13.8. The van der Waals surface area contributed by atoms with Gasteiger partial charge < -0.3 is 20.7 Å². The Balaban J connectivity index is 1.68. The van der Waals surface area contributed by atoms with E-state index in [2.05, 4.69) is 16.0 Å². The molecule has 31 heavy (non-hydrogen) atoms. The number of rotatable bonds is 7. The minimum absolute atomic E-state index is 0.0383. The van der Waals surface area contributed by atoms with Crippen LogP contribution in [0.1, 0.15) is 10.4 Å². The number of hydrogen-bond acceptors (Lipinski definition) is 4. The van der Waals surface area contributed by atoms with Crippen LogP contribution in [0, 0.1) is 5.82 Å². The molecule has 0 heterocycles. The molecule has 5 nitrogen and oxygen atoms in total. The number of thioether (sulfide) groups is 1. The number of amides is 1.